The van der Waals surface area contributed by atoms with Gasteiger partial charge in [0.2, 0.25) is 0 Å². The maximum absolute atomic E-state index is 2.43. The van der Waals surface area contributed by atoms with Crippen molar-refractivity contribution in [2.24, 2.45) is 5.41 Å². The van der Waals surface area contributed by atoms with Crippen molar-refractivity contribution in [2.75, 3.05) is 0 Å². The predicted octanol–water partition coefficient (Wildman–Crippen LogP) is 3.39. The molecule has 11 heavy (non-hydrogen) atoms. The smallest absolute Gasteiger partial charge is 0.0598 e. The molecule has 0 fully saturated rings. The van der Waals surface area contributed by atoms with E-state index >= 15 is 0 Å². The van der Waals surface area contributed by atoms with Gasteiger partial charge in [-0.1, -0.05) is 52.1 Å². The van der Waals surface area contributed by atoms with E-state index in [1.54, 1.807) is 5.20 Å². The third-order valence-electron chi connectivity index (χ3n) is 1.91. The zero-order chi connectivity index (χ0) is 9.07. The molecule has 0 rings (SSSR count). The van der Waals surface area contributed by atoms with Crippen molar-refractivity contribution < 1.29 is 0 Å². The van der Waals surface area contributed by atoms with Crippen LogP contribution in [0.1, 0.15) is 34.1 Å². The first-order valence-electron chi connectivity index (χ1n) is 4.60. The molecule has 0 amide bonds. The lowest BCUT2D eigenvalue weighted by Gasteiger charge is -2.25. The van der Waals surface area contributed by atoms with E-state index in [4.69, 9.17) is 0 Å². The molecule has 0 bridgehead atoms. The molecule has 0 radical (unpaired) electrons. The van der Waals surface area contributed by atoms with Gasteiger partial charge >= 0.3 is 0 Å². The van der Waals surface area contributed by atoms with Crippen LogP contribution in [-0.2, 0) is 0 Å². The minimum Gasteiger partial charge on any atom is -0.0893 e. The van der Waals surface area contributed by atoms with E-state index in [1.165, 1.54) is 6.42 Å². The van der Waals surface area contributed by atoms with Gasteiger partial charge in [-0.25, -0.2) is 0 Å². The van der Waals surface area contributed by atoms with E-state index in [9.17, 15) is 0 Å². The second-order valence-electron chi connectivity index (χ2n) is 4.47. The van der Waals surface area contributed by atoms with Gasteiger partial charge in [-0.2, -0.15) is 0 Å². The summed E-state index contributed by atoms with van der Waals surface area (Å²) in [6.45, 7) is 14.0. The van der Waals surface area contributed by atoms with Gasteiger partial charge in [-0.05, 0) is 11.8 Å². The summed E-state index contributed by atoms with van der Waals surface area (Å²) in [6.07, 6.45) is 3.62. The van der Waals surface area contributed by atoms with Gasteiger partial charge in [0.05, 0.1) is 8.80 Å². The van der Waals surface area contributed by atoms with E-state index in [2.05, 4.69) is 46.9 Å². The predicted molar refractivity (Wildman–Crippen MR) is 56.7 cm³/mol. The van der Waals surface area contributed by atoms with Crippen LogP contribution in [0.25, 0.3) is 0 Å². The molecule has 0 saturated heterocycles. The van der Waals surface area contributed by atoms with E-state index < -0.39 is 8.80 Å². The summed E-state index contributed by atoms with van der Waals surface area (Å²) in [5.41, 5.74) is 0.413. The maximum atomic E-state index is 2.43. The van der Waals surface area contributed by atoms with E-state index in [-0.39, 0.29) is 0 Å². The minimum atomic E-state index is -0.567. The molecule has 0 N–H and O–H groups in total. The molecule has 0 aromatic rings. The standard InChI is InChI=1S/C10H22Si/c1-7-8-9(11(5)6)10(2,3)4/h8,11H,7H2,1-6H3. The summed E-state index contributed by atoms with van der Waals surface area (Å²) in [5.74, 6) is 0. The molecule has 0 nitrogen and oxygen atoms in total. The quantitative estimate of drug-likeness (QED) is 0.557. The Balaban J connectivity index is 4.49. The summed E-state index contributed by atoms with van der Waals surface area (Å²) < 4.78 is 0. The molecule has 0 spiro atoms. The zero-order valence-corrected chi connectivity index (χ0v) is 10.0. The Morgan fingerprint density at radius 1 is 1.27 bits per heavy atom. The molecule has 0 heterocycles. The molecule has 0 aliphatic heterocycles. The second-order valence-corrected chi connectivity index (χ2v) is 7.40. The lowest BCUT2D eigenvalue weighted by Crippen LogP contribution is -2.20. The number of hydrogen-bond acceptors (Lipinski definition) is 0. The SMILES string of the molecule is CCC=C([SiH](C)C)C(C)(C)C. The fourth-order valence-corrected chi connectivity index (χ4v) is 4.07. The lowest BCUT2D eigenvalue weighted by molar-refractivity contribution is 0.525. The van der Waals surface area contributed by atoms with Crippen molar-refractivity contribution in [3.05, 3.63) is 11.3 Å². The molecule has 66 valence electrons. The Morgan fingerprint density at radius 2 is 1.73 bits per heavy atom. The first-order chi connectivity index (χ1) is 4.89. The van der Waals surface area contributed by atoms with Crippen LogP contribution < -0.4 is 0 Å². The summed E-state index contributed by atoms with van der Waals surface area (Å²) in [5, 5.41) is 1.72. The number of hydrogen-bond donors (Lipinski definition) is 0. The molecule has 0 atom stereocenters. The summed E-state index contributed by atoms with van der Waals surface area (Å²) in [7, 11) is -0.567. The monoisotopic (exact) mass is 170 g/mol. The largest absolute Gasteiger partial charge is 0.0893 e. The van der Waals surface area contributed by atoms with E-state index in [0.717, 1.165) is 0 Å². The van der Waals surface area contributed by atoms with Crippen LogP contribution in [0, 0.1) is 5.41 Å². The summed E-state index contributed by atoms with van der Waals surface area (Å²) >= 11 is 0. The van der Waals surface area contributed by atoms with Gasteiger partial charge in [-0.15, -0.1) is 0 Å². The van der Waals surface area contributed by atoms with Crippen LogP contribution in [-0.4, -0.2) is 8.80 Å². The molecule has 0 unspecified atom stereocenters. The molecule has 0 aliphatic rings. The number of rotatable bonds is 2. The van der Waals surface area contributed by atoms with Crippen molar-refractivity contribution in [1.82, 2.24) is 0 Å². The van der Waals surface area contributed by atoms with Crippen LogP contribution in [0.15, 0.2) is 11.3 Å². The van der Waals surface area contributed by atoms with E-state index in [0.29, 0.717) is 5.41 Å². The van der Waals surface area contributed by atoms with Gasteiger partial charge in [-0.3, -0.25) is 0 Å². The molecule has 1 heteroatoms. The van der Waals surface area contributed by atoms with Crippen LogP contribution in [0.4, 0.5) is 0 Å². The molecule has 0 saturated carbocycles. The molecule has 0 aromatic carbocycles. The highest BCUT2D eigenvalue weighted by atomic mass is 28.3. The Labute approximate surface area is 73.3 Å². The fraction of sp³-hybridized carbons (Fsp3) is 0.800. The first kappa shape index (κ1) is 11.0. The number of allylic oxidation sites excluding steroid dienone is 2. The normalized spacial score (nSPS) is 14.3. The van der Waals surface area contributed by atoms with Crippen LogP contribution in [0.3, 0.4) is 0 Å². The fourth-order valence-electron chi connectivity index (χ4n) is 1.63. The van der Waals surface area contributed by atoms with Crippen LogP contribution in [0.5, 0.6) is 0 Å². The molecule has 0 aliphatic carbocycles. The first-order valence-corrected chi connectivity index (χ1v) is 7.48. The highest BCUT2D eigenvalue weighted by Gasteiger charge is 2.19. The summed E-state index contributed by atoms with van der Waals surface area (Å²) in [6, 6.07) is 0. The maximum Gasteiger partial charge on any atom is 0.0598 e. The lowest BCUT2D eigenvalue weighted by atomic mass is 9.95. The van der Waals surface area contributed by atoms with Crippen molar-refractivity contribution in [1.29, 1.82) is 0 Å². The van der Waals surface area contributed by atoms with E-state index in [1.807, 2.05) is 0 Å². The Hall–Kier alpha value is -0.0431. The zero-order valence-electron chi connectivity index (χ0n) is 8.86. The van der Waals surface area contributed by atoms with Crippen molar-refractivity contribution in [3.63, 3.8) is 0 Å². The van der Waals surface area contributed by atoms with Crippen LogP contribution >= 0.6 is 0 Å². The molecule has 0 aromatic heterocycles. The van der Waals surface area contributed by atoms with Crippen molar-refractivity contribution >= 4 is 8.80 Å². The third kappa shape index (κ3) is 3.75. The second kappa shape index (κ2) is 4.10. The molecular weight excluding hydrogens is 148 g/mol. The Bertz CT molecular complexity index is 137. The highest BCUT2D eigenvalue weighted by molar-refractivity contribution is 6.64. The van der Waals surface area contributed by atoms with Gasteiger partial charge in [0, 0.05) is 0 Å². The van der Waals surface area contributed by atoms with Gasteiger partial charge < -0.3 is 0 Å². The average molecular weight is 170 g/mol. The van der Waals surface area contributed by atoms with Gasteiger partial charge in [0.25, 0.3) is 0 Å². The Morgan fingerprint density at radius 3 is 1.82 bits per heavy atom. The Kier molecular flexibility index (Phi) is 4.08. The van der Waals surface area contributed by atoms with Crippen molar-refractivity contribution in [3.8, 4) is 0 Å². The third-order valence-corrected chi connectivity index (χ3v) is 4.26. The topological polar surface area (TPSA) is 0 Å². The minimum absolute atomic E-state index is 0.413. The van der Waals surface area contributed by atoms with Crippen LogP contribution in [0.2, 0.25) is 13.1 Å². The van der Waals surface area contributed by atoms with Crippen molar-refractivity contribution in [2.45, 2.75) is 47.2 Å². The highest BCUT2D eigenvalue weighted by Crippen LogP contribution is 2.27. The van der Waals surface area contributed by atoms with Gasteiger partial charge in [0.1, 0.15) is 0 Å². The molecular formula is C10H22Si. The summed E-state index contributed by atoms with van der Waals surface area (Å²) in [4.78, 5) is 0. The van der Waals surface area contributed by atoms with Gasteiger partial charge in [0.15, 0.2) is 0 Å². The average Bonchev–Trinajstić information content (AvgIpc) is 1.79.